The molecular formula is C37H40F2N4O4S. The van der Waals surface area contributed by atoms with Gasteiger partial charge < -0.3 is 19.6 Å². The van der Waals surface area contributed by atoms with Crippen LogP contribution in [0.2, 0.25) is 0 Å². The molecule has 1 aliphatic heterocycles. The van der Waals surface area contributed by atoms with Crippen molar-refractivity contribution < 1.29 is 28.2 Å². The van der Waals surface area contributed by atoms with Crippen LogP contribution in [0.5, 0.6) is 11.5 Å². The molecule has 48 heavy (non-hydrogen) atoms. The number of aromatic nitrogens is 4. The van der Waals surface area contributed by atoms with E-state index in [1.807, 2.05) is 37.3 Å². The highest BCUT2D eigenvalue weighted by Crippen LogP contribution is 2.39. The van der Waals surface area contributed by atoms with E-state index < -0.39 is 28.9 Å². The highest BCUT2D eigenvalue weighted by atomic mass is 32.2. The molecule has 1 aliphatic rings. The van der Waals surface area contributed by atoms with Crippen LogP contribution in [0.3, 0.4) is 0 Å². The number of aromatic amines is 1. The molecular weight excluding hydrogens is 634 g/mol. The van der Waals surface area contributed by atoms with Gasteiger partial charge in [0.05, 0.1) is 30.1 Å². The van der Waals surface area contributed by atoms with Crippen molar-refractivity contribution in [1.82, 2.24) is 19.7 Å². The number of carboxylic acid groups (broad SMARTS) is 1. The molecule has 0 amide bonds. The molecule has 252 valence electrons. The Kier molecular flexibility index (Phi) is 9.37. The van der Waals surface area contributed by atoms with E-state index in [-0.39, 0.29) is 34.9 Å². The number of hydrogen-bond donors (Lipinski definition) is 2. The number of hydrogen-bond acceptors (Lipinski definition) is 6. The number of aryl methyl sites for hydroxylation is 2. The first kappa shape index (κ1) is 33.7. The first-order valence-corrected chi connectivity index (χ1v) is 17.2. The topological polar surface area (TPSA) is 102 Å². The Hall–Kier alpha value is -4.22. The fraction of sp³-hybridized carbons (Fsp3) is 0.378. The van der Waals surface area contributed by atoms with Gasteiger partial charge in [0.2, 0.25) is 0 Å². The van der Waals surface area contributed by atoms with Gasteiger partial charge in [-0.3, -0.25) is 4.79 Å². The minimum Gasteiger partial charge on any atom is -0.481 e. The quantitative estimate of drug-likeness (QED) is 0.200. The number of thioether (sulfide) groups is 1. The monoisotopic (exact) mass is 674 g/mol. The fourth-order valence-electron chi connectivity index (χ4n) is 6.15. The summed E-state index contributed by atoms with van der Waals surface area (Å²) in [6, 6.07) is 15.4. The molecule has 0 spiro atoms. The van der Waals surface area contributed by atoms with Gasteiger partial charge in [0.25, 0.3) is 0 Å². The number of rotatable bonds is 4. The SMILES string of the molecule is CC(Cc1cccc(C2(C)COCC(C)(C)CSCCc3c(c(F)cc4[nH]ccc34)Oc3ccc(F)c(c3)-c3nc2nn3C)c1)C(=O)O. The van der Waals surface area contributed by atoms with Gasteiger partial charge in [0, 0.05) is 41.5 Å². The van der Waals surface area contributed by atoms with Crippen LogP contribution < -0.4 is 4.74 Å². The molecule has 4 bridgehead atoms. The summed E-state index contributed by atoms with van der Waals surface area (Å²) in [6.07, 6.45) is 2.72. The van der Waals surface area contributed by atoms with E-state index in [0.717, 1.165) is 33.6 Å². The number of carbonyl (C=O) groups is 1. The van der Waals surface area contributed by atoms with Crippen LogP contribution in [0.15, 0.2) is 60.8 Å². The molecule has 2 atom stereocenters. The van der Waals surface area contributed by atoms with Crippen molar-refractivity contribution in [3.8, 4) is 22.9 Å². The lowest BCUT2D eigenvalue weighted by Gasteiger charge is -2.31. The van der Waals surface area contributed by atoms with E-state index in [4.69, 9.17) is 19.6 Å². The van der Waals surface area contributed by atoms with Crippen molar-refractivity contribution in [3.05, 3.63) is 94.9 Å². The van der Waals surface area contributed by atoms with E-state index in [9.17, 15) is 9.90 Å². The van der Waals surface area contributed by atoms with E-state index >= 15 is 8.78 Å². The summed E-state index contributed by atoms with van der Waals surface area (Å²) < 4.78 is 45.4. The Bertz CT molecular complexity index is 1970. The molecule has 0 fully saturated rings. The molecule has 3 heterocycles. The Morgan fingerprint density at radius 2 is 1.92 bits per heavy atom. The van der Waals surface area contributed by atoms with Crippen LogP contribution in [-0.2, 0) is 34.8 Å². The zero-order chi connectivity index (χ0) is 34.2. The fourth-order valence-corrected chi connectivity index (χ4v) is 7.28. The Morgan fingerprint density at radius 3 is 2.71 bits per heavy atom. The summed E-state index contributed by atoms with van der Waals surface area (Å²) in [5.74, 6) is 0.177. The first-order chi connectivity index (χ1) is 22.8. The zero-order valence-electron chi connectivity index (χ0n) is 27.8. The number of carboxylic acids is 1. The smallest absolute Gasteiger partial charge is 0.306 e. The number of halogens is 2. The minimum atomic E-state index is -0.862. The molecule has 8 nitrogen and oxygen atoms in total. The van der Waals surface area contributed by atoms with Crippen molar-refractivity contribution in [2.24, 2.45) is 18.4 Å². The number of nitrogens with zero attached hydrogens (tertiary/aromatic N) is 3. The summed E-state index contributed by atoms with van der Waals surface area (Å²) in [5, 5.41) is 15.2. The van der Waals surface area contributed by atoms with Gasteiger partial charge in [0.15, 0.2) is 23.2 Å². The van der Waals surface area contributed by atoms with Crippen LogP contribution >= 0.6 is 11.8 Å². The van der Waals surface area contributed by atoms with Gasteiger partial charge in [-0.15, -0.1) is 0 Å². The molecule has 0 saturated heterocycles. The summed E-state index contributed by atoms with van der Waals surface area (Å²) >= 11 is 1.77. The Morgan fingerprint density at radius 1 is 1.10 bits per heavy atom. The minimum absolute atomic E-state index is 0.118. The van der Waals surface area contributed by atoms with Crippen LogP contribution in [0, 0.1) is 23.0 Å². The number of ether oxygens (including phenoxy) is 2. The number of nitrogens with one attached hydrogen (secondary N) is 1. The maximum absolute atomic E-state index is 15.6. The van der Waals surface area contributed by atoms with Gasteiger partial charge >= 0.3 is 5.97 Å². The summed E-state index contributed by atoms with van der Waals surface area (Å²) in [6.45, 7) is 8.67. The predicted octanol–water partition coefficient (Wildman–Crippen LogP) is 7.94. The van der Waals surface area contributed by atoms with Crippen molar-refractivity contribution in [2.75, 3.05) is 24.7 Å². The van der Waals surface area contributed by atoms with Gasteiger partial charge in [0.1, 0.15) is 11.6 Å². The summed E-state index contributed by atoms with van der Waals surface area (Å²) in [7, 11) is 1.70. The molecule has 3 aromatic carbocycles. The van der Waals surface area contributed by atoms with Crippen LogP contribution in [0.25, 0.3) is 22.3 Å². The van der Waals surface area contributed by atoms with Gasteiger partial charge in [-0.1, -0.05) is 45.0 Å². The molecule has 0 saturated carbocycles. The van der Waals surface area contributed by atoms with Crippen LogP contribution in [0.1, 0.15) is 50.2 Å². The number of benzene rings is 3. The van der Waals surface area contributed by atoms with Gasteiger partial charge in [-0.05, 0) is 66.3 Å². The number of fused-ring (bicyclic) bond motifs is 8. The summed E-state index contributed by atoms with van der Waals surface area (Å²) in [5.41, 5.74) is 2.27. The van der Waals surface area contributed by atoms with E-state index in [1.54, 1.807) is 31.9 Å². The lowest BCUT2D eigenvalue weighted by Crippen LogP contribution is -2.34. The molecule has 2 unspecified atom stereocenters. The maximum Gasteiger partial charge on any atom is 0.306 e. The van der Waals surface area contributed by atoms with Crippen molar-refractivity contribution in [3.63, 3.8) is 0 Å². The highest BCUT2D eigenvalue weighted by Gasteiger charge is 2.36. The van der Waals surface area contributed by atoms with Crippen molar-refractivity contribution >= 4 is 28.6 Å². The second-order valence-electron chi connectivity index (χ2n) is 13.7. The first-order valence-electron chi connectivity index (χ1n) is 16.0. The van der Waals surface area contributed by atoms with E-state index in [2.05, 4.69) is 18.8 Å². The highest BCUT2D eigenvalue weighted by molar-refractivity contribution is 7.99. The third kappa shape index (κ3) is 6.84. The number of H-pyrrole nitrogens is 1. The molecule has 5 aromatic rings. The normalized spacial score (nSPS) is 19.1. The van der Waals surface area contributed by atoms with Gasteiger partial charge in [-0.25, -0.2) is 18.4 Å². The molecule has 2 N–H and O–H groups in total. The molecule has 2 aromatic heterocycles. The standard InChI is InChI=1S/C37H40F2N4O4S/c1-22(34(44)45)15-23-7-6-8-24(16-23)37(4)20-46-19-36(2,3)21-48-14-12-27-26-11-13-40-31(26)18-30(39)32(27)47-25-9-10-29(38)28(17-25)33-41-35(37)42-43(33)5/h6-11,13,16-18,22,40H,12,14-15,19-21H2,1-5H3,(H,44,45). The Labute approximate surface area is 282 Å². The average molecular weight is 675 g/mol. The van der Waals surface area contributed by atoms with Crippen LogP contribution in [-0.4, -0.2) is 55.5 Å². The van der Waals surface area contributed by atoms with Crippen LogP contribution in [0.4, 0.5) is 8.78 Å². The molecule has 0 radical (unpaired) electrons. The zero-order valence-corrected chi connectivity index (χ0v) is 28.6. The second kappa shape index (κ2) is 13.4. The largest absolute Gasteiger partial charge is 0.481 e. The Balaban J connectivity index is 1.46. The third-order valence-electron chi connectivity index (χ3n) is 8.92. The summed E-state index contributed by atoms with van der Waals surface area (Å²) in [4.78, 5) is 19.6. The second-order valence-corrected chi connectivity index (χ2v) is 14.8. The molecule has 0 aliphatic carbocycles. The van der Waals surface area contributed by atoms with Gasteiger partial charge in [-0.2, -0.15) is 16.9 Å². The van der Waals surface area contributed by atoms with E-state index in [1.165, 1.54) is 28.9 Å². The lowest BCUT2D eigenvalue weighted by atomic mass is 9.81. The third-order valence-corrected chi connectivity index (χ3v) is 10.4. The molecule has 11 heteroatoms. The predicted molar refractivity (Wildman–Crippen MR) is 184 cm³/mol. The number of aliphatic carboxylic acids is 1. The lowest BCUT2D eigenvalue weighted by molar-refractivity contribution is -0.141. The maximum atomic E-state index is 15.6. The molecule has 6 rings (SSSR count). The average Bonchev–Trinajstić information content (AvgIpc) is 3.67. The van der Waals surface area contributed by atoms with Crippen molar-refractivity contribution in [2.45, 2.75) is 46.0 Å². The van der Waals surface area contributed by atoms with Crippen molar-refractivity contribution in [1.29, 1.82) is 0 Å². The van der Waals surface area contributed by atoms with E-state index in [0.29, 0.717) is 30.8 Å².